The van der Waals surface area contributed by atoms with Crippen LogP contribution >= 0.6 is 34.8 Å². The van der Waals surface area contributed by atoms with Crippen LogP contribution in [0.2, 0.25) is 15.1 Å². The van der Waals surface area contributed by atoms with Crippen LogP contribution in [0.3, 0.4) is 0 Å². The highest BCUT2D eigenvalue weighted by Gasteiger charge is 1.92. The van der Waals surface area contributed by atoms with Gasteiger partial charge in [0, 0.05) is 15.1 Å². The Morgan fingerprint density at radius 1 is 0.765 bits per heavy atom. The minimum atomic E-state index is 0.686. The number of aryl methyl sites for hydroxylation is 2. The molecule has 0 saturated heterocycles. The molecule has 3 heteroatoms. The van der Waals surface area contributed by atoms with Gasteiger partial charge in [0.15, 0.2) is 0 Å². The van der Waals surface area contributed by atoms with Crippen LogP contribution in [0.1, 0.15) is 11.1 Å². The average molecular weight is 288 g/mol. The lowest BCUT2D eigenvalue weighted by atomic mass is 10.2. The van der Waals surface area contributed by atoms with Gasteiger partial charge in [-0.3, -0.25) is 0 Å². The van der Waals surface area contributed by atoms with E-state index in [4.69, 9.17) is 34.8 Å². The van der Waals surface area contributed by atoms with Crippen LogP contribution in [0.25, 0.3) is 0 Å². The van der Waals surface area contributed by atoms with Crippen molar-refractivity contribution in [3.63, 3.8) is 0 Å². The van der Waals surface area contributed by atoms with Gasteiger partial charge in [0.05, 0.1) is 0 Å². The van der Waals surface area contributed by atoms with Gasteiger partial charge >= 0.3 is 0 Å². The number of hydrogen-bond acceptors (Lipinski definition) is 0. The van der Waals surface area contributed by atoms with Crippen LogP contribution in [0.15, 0.2) is 42.5 Å². The summed E-state index contributed by atoms with van der Waals surface area (Å²) in [6.45, 7) is 3.96. The lowest BCUT2D eigenvalue weighted by molar-refractivity contribution is 1.47. The Balaban J connectivity index is 0.000000171. The van der Waals surface area contributed by atoms with Gasteiger partial charge < -0.3 is 0 Å². The Bertz CT molecular complexity index is 475. The third kappa shape index (κ3) is 5.45. The van der Waals surface area contributed by atoms with Crippen molar-refractivity contribution in [3.05, 3.63) is 68.7 Å². The van der Waals surface area contributed by atoms with Crippen molar-refractivity contribution in [2.45, 2.75) is 13.8 Å². The van der Waals surface area contributed by atoms with Crippen LogP contribution in [0.5, 0.6) is 0 Å². The molecule has 0 aliphatic heterocycles. The van der Waals surface area contributed by atoms with Gasteiger partial charge in [-0.15, -0.1) is 0 Å². The molecule has 17 heavy (non-hydrogen) atoms. The van der Waals surface area contributed by atoms with Gasteiger partial charge in [0.2, 0.25) is 0 Å². The summed E-state index contributed by atoms with van der Waals surface area (Å²) in [5.74, 6) is 0. The van der Waals surface area contributed by atoms with E-state index in [1.54, 1.807) is 6.07 Å². The normalized spacial score (nSPS) is 9.47. The van der Waals surface area contributed by atoms with Crippen molar-refractivity contribution in [1.29, 1.82) is 0 Å². The third-order valence-electron chi connectivity index (χ3n) is 2.11. The van der Waals surface area contributed by atoms with Crippen molar-refractivity contribution in [1.82, 2.24) is 0 Å². The van der Waals surface area contributed by atoms with Crippen LogP contribution in [-0.2, 0) is 0 Å². The molecule has 0 nitrogen and oxygen atoms in total. The summed E-state index contributed by atoms with van der Waals surface area (Å²) < 4.78 is 0. The molecule has 2 aromatic carbocycles. The van der Waals surface area contributed by atoms with E-state index in [0.29, 0.717) is 5.02 Å². The summed E-state index contributed by atoms with van der Waals surface area (Å²) in [5, 5.41) is 2.22. The molecule has 2 rings (SSSR count). The molecule has 0 atom stereocenters. The molecule has 0 aliphatic carbocycles. The van der Waals surface area contributed by atoms with E-state index in [1.807, 2.05) is 50.2 Å². The monoisotopic (exact) mass is 286 g/mol. The first kappa shape index (κ1) is 14.4. The van der Waals surface area contributed by atoms with Crippen LogP contribution in [0.4, 0.5) is 0 Å². The first-order chi connectivity index (χ1) is 7.99. The van der Waals surface area contributed by atoms with Gasteiger partial charge in [0.25, 0.3) is 0 Å². The van der Waals surface area contributed by atoms with Gasteiger partial charge in [-0.2, -0.15) is 0 Å². The maximum Gasteiger partial charge on any atom is 0.0449 e. The molecule has 0 radical (unpaired) electrons. The predicted octanol–water partition coefficient (Wildman–Crippen LogP) is 5.95. The zero-order valence-corrected chi connectivity index (χ0v) is 11.9. The molecule has 0 aliphatic rings. The van der Waals surface area contributed by atoms with Crippen LogP contribution in [-0.4, -0.2) is 0 Å². The summed E-state index contributed by atoms with van der Waals surface area (Å²) in [5.41, 5.74) is 2.26. The minimum absolute atomic E-state index is 0.686. The van der Waals surface area contributed by atoms with Crippen molar-refractivity contribution >= 4 is 34.8 Å². The van der Waals surface area contributed by atoms with E-state index in [0.717, 1.165) is 15.6 Å². The van der Waals surface area contributed by atoms with Gasteiger partial charge in [0.1, 0.15) is 0 Å². The van der Waals surface area contributed by atoms with Crippen LogP contribution in [0, 0.1) is 13.8 Å². The quantitative estimate of drug-likeness (QED) is 0.561. The number of halogens is 3. The van der Waals surface area contributed by atoms with Crippen molar-refractivity contribution < 1.29 is 0 Å². The molecule has 0 saturated carbocycles. The van der Waals surface area contributed by atoms with Gasteiger partial charge in [-0.25, -0.2) is 0 Å². The maximum absolute atomic E-state index is 5.73. The molecular formula is C14H13Cl3. The molecule has 0 amide bonds. The molecule has 0 spiro atoms. The smallest absolute Gasteiger partial charge is 0.0449 e. The number of rotatable bonds is 0. The van der Waals surface area contributed by atoms with Gasteiger partial charge in [-0.05, 0) is 49.2 Å². The van der Waals surface area contributed by atoms with E-state index in [2.05, 4.69) is 0 Å². The highest BCUT2D eigenvalue weighted by molar-refractivity contribution is 6.35. The highest BCUT2D eigenvalue weighted by Crippen LogP contribution is 2.19. The second-order valence-electron chi connectivity index (χ2n) is 3.69. The molecule has 90 valence electrons. The zero-order chi connectivity index (χ0) is 12.8. The van der Waals surface area contributed by atoms with Crippen molar-refractivity contribution in [2.75, 3.05) is 0 Å². The van der Waals surface area contributed by atoms with E-state index < -0.39 is 0 Å². The largest absolute Gasteiger partial charge is 0.0843 e. The number of hydrogen-bond donors (Lipinski definition) is 0. The predicted molar refractivity (Wildman–Crippen MR) is 77.4 cm³/mol. The topological polar surface area (TPSA) is 0 Å². The fourth-order valence-corrected chi connectivity index (χ4v) is 1.83. The van der Waals surface area contributed by atoms with Crippen molar-refractivity contribution in [3.8, 4) is 0 Å². The van der Waals surface area contributed by atoms with Gasteiger partial charge in [-0.1, -0.05) is 53.0 Å². The van der Waals surface area contributed by atoms with E-state index in [-0.39, 0.29) is 0 Å². The summed E-state index contributed by atoms with van der Waals surface area (Å²) >= 11 is 17.0. The molecule has 0 heterocycles. The van der Waals surface area contributed by atoms with Crippen LogP contribution < -0.4 is 0 Å². The minimum Gasteiger partial charge on any atom is -0.0843 e. The molecular weight excluding hydrogens is 275 g/mol. The first-order valence-electron chi connectivity index (χ1n) is 5.13. The Morgan fingerprint density at radius 3 is 1.82 bits per heavy atom. The summed E-state index contributed by atoms with van der Waals surface area (Å²) in [7, 11) is 0. The van der Waals surface area contributed by atoms with Crippen molar-refractivity contribution in [2.24, 2.45) is 0 Å². The fraction of sp³-hybridized carbons (Fsp3) is 0.143. The molecule has 2 aromatic rings. The Morgan fingerprint density at radius 2 is 1.41 bits per heavy atom. The highest BCUT2D eigenvalue weighted by atomic mass is 35.5. The van der Waals surface area contributed by atoms with E-state index >= 15 is 0 Å². The summed E-state index contributed by atoms with van der Waals surface area (Å²) in [4.78, 5) is 0. The maximum atomic E-state index is 5.73. The molecule has 0 bridgehead atoms. The Kier molecular flexibility index (Phi) is 5.84. The fourth-order valence-electron chi connectivity index (χ4n) is 1.17. The second-order valence-corrected chi connectivity index (χ2v) is 4.97. The molecule has 0 unspecified atom stereocenters. The average Bonchev–Trinajstić information content (AvgIpc) is 2.24. The number of benzene rings is 2. The Labute approximate surface area is 117 Å². The standard InChI is InChI=1S/C7H6Cl2.C7H7Cl/c1-5-2-3-6(8)4-7(5)9;1-6-3-2-4-7(8)5-6/h2-4H,1H3;2-5H,1H3. The lowest BCUT2D eigenvalue weighted by Crippen LogP contribution is -1.71. The Hall–Kier alpha value is -0.690. The summed E-state index contributed by atoms with van der Waals surface area (Å²) in [6.07, 6.45) is 0. The second kappa shape index (κ2) is 6.90. The molecule has 0 N–H and O–H groups in total. The lowest BCUT2D eigenvalue weighted by Gasteiger charge is -1.94. The first-order valence-corrected chi connectivity index (χ1v) is 6.26. The third-order valence-corrected chi connectivity index (χ3v) is 2.99. The van der Waals surface area contributed by atoms with E-state index in [1.165, 1.54) is 5.56 Å². The molecule has 0 fully saturated rings. The van der Waals surface area contributed by atoms with E-state index in [9.17, 15) is 0 Å². The summed E-state index contributed by atoms with van der Waals surface area (Å²) in [6, 6.07) is 13.2. The molecule has 0 aromatic heterocycles. The zero-order valence-electron chi connectivity index (χ0n) is 9.68. The SMILES string of the molecule is Cc1ccc(Cl)cc1Cl.Cc1cccc(Cl)c1.